The van der Waals surface area contributed by atoms with Crippen LogP contribution >= 0.6 is 22.9 Å². The Morgan fingerprint density at radius 1 is 1.25 bits per heavy atom. The second-order valence-corrected chi connectivity index (χ2v) is 5.64. The predicted octanol–water partition coefficient (Wildman–Crippen LogP) is 4.14. The molecule has 3 aromatic rings. The smallest absolute Gasteiger partial charge is 0.134 e. The molecule has 2 heterocycles. The van der Waals surface area contributed by atoms with Gasteiger partial charge in [-0.2, -0.15) is 0 Å². The van der Waals surface area contributed by atoms with E-state index in [0.29, 0.717) is 23.9 Å². The summed E-state index contributed by atoms with van der Waals surface area (Å²) in [5.74, 6) is 0.475. The molecule has 3 rings (SSSR count). The first-order valence-electron chi connectivity index (χ1n) is 6.09. The van der Waals surface area contributed by atoms with Crippen LogP contribution < -0.4 is 5.32 Å². The van der Waals surface area contributed by atoms with Crippen molar-refractivity contribution in [2.45, 2.75) is 6.42 Å². The molecule has 2 aromatic heterocycles. The van der Waals surface area contributed by atoms with Crippen LogP contribution in [-0.4, -0.2) is 16.5 Å². The van der Waals surface area contributed by atoms with Crippen LogP contribution in [0, 0.1) is 5.82 Å². The van der Waals surface area contributed by atoms with Gasteiger partial charge in [0.15, 0.2) is 0 Å². The molecule has 0 fully saturated rings. The van der Waals surface area contributed by atoms with Gasteiger partial charge in [-0.25, -0.2) is 14.4 Å². The largest absolute Gasteiger partial charge is 0.370 e. The summed E-state index contributed by atoms with van der Waals surface area (Å²) in [7, 11) is 0. The molecule has 0 aliphatic carbocycles. The maximum Gasteiger partial charge on any atom is 0.134 e. The lowest BCUT2D eigenvalue weighted by Gasteiger charge is -2.07. The van der Waals surface area contributed by atoms with Crippen LogP contribution in [0.2, 0.25) is 5.15 Å². The summed E-state index contributed by atoms with van der Waals surface area (Å²) in [6.45, 7) is 0.655. The van der Waals surface area contributed by atoms with Gasteiger partial charge in [0.1, 0.15) is 23.1 Å². The maximum atomic E-state index is 13.5. The van der Waals surface area contributed by atoms with Crippen LogP contribution in [-0.2, 0) is 6.42 Å². The maximum absolute atomic E-state index is 13.5. The van der Waals surface area contributed by atoms with Gasteiger partial charge < -0.3 is 5.32 Å². The van der Waals surface area contributed by atoms with Gasteiger partial charge in [0.2, 0.25) is 0 Å². The number of fused-ring (bicyclic) bond motifs is 1. The summed E-state index contributed by atoms with van der Waals surface area (Å²) in [4.78, 5) is 7.88. The molecule has 0 saturated heterocycles. The van der Waals surface area contributed by atoms with E-state index in [1.54, 1.807) is 29.5 Å². The number of nitrogens with one attached hydrogen (secondary N) is 1. The molecule has 0 spiro atoms. The van der Waals surface area contributed by atoms with Crippen molar-refractivity contribution < 1.29 is 4.39 Å². The highest BCUT2D eigenvalue weighted by molar-refractivity contribution is 7.17. The number of anilines is 1. The number of thiophene rings is 1. The van der Waals surface area contributed by atoms with Crippen molar-refractivity contribution in [1.29, 1.82) is 0 Å². The summed E-state index contributed by atoms with van der Waals surface area (Å²) < 4.78 is 14.5. The second-order valence-electron chi connectivity index (χ2n) is 4.30. The van der Waals surface area contributed by atoms with E-state index in [2.05, 4.69) is 15.3 Å². The van der Waals surface area contributed by atoms with Crippen molar-refractivity contribution in [3.8, 4) is 0 Å². The molecule has 0 radical (unpaired) electrons. The zero-order chi connectivity index (χ0) is 13.9. The molecule has 1 aromatic carbocycles. The Labute approximate surface area is 124 Å². The zero-order valence-electron chi connectivity index (χ0n) is 10.4. The summed E-state index contributed by atoms with van der Waals surface area (Å²) >= 11 is 7.33. The Morgan fingerprint density at radius 2 is 2.15 bits per heavy atom. The van der Waals surface area contributed by atoms with E-state index in [1.165, 1.54) is 6.33 Å². The molecule has 0 atom stereocenters. The van der Waals surface area contributed by atoms with Crippen LogP contribution in [0.5, 0.6) is 0 Å². The third-order valence-corrected chi connectivity index (χ3v) is 4.03. The molecule has 0 bridgehead atoms. The highest BCUT2D eigenvalue weighted by Crippen LogP contribution is 2.26. The molecular weight excluding hydrogens is 297 g/mol. The normalized spacial score (nSPS) is 10.9. The molecule has 0 aliphatic rings. The van der Waals surface area contributed by atoms with Crippen LogP contribution in [0.1, 0.15) is 5.56 Å². The van der Waals surface area contributed by atoms with Crippen LogP contribution in [0.25, 0.3) is 10.1 Å². The van der Waals surface area contributed by atoms with E-state index in [9.17, 15) is 4.39 Å². The highest BCUT2D eigenvalue weighted by Gasteiger charge is 2.05. The lowest BCUT2D eigenvalue weighted by molar-refractivity contribution is 0.628. The fourth-order valence-electron chi connectivity index (χ4n) is 2.07. The van der Waals surface area contributed by atoms with Crippen LogP contribution in [0.4, 0.5) is 10.2 Å². The summed E-state index contributed by atoms with van der Waals surface area (Å²) in [5, 5.41) is 6.64. The number of nitrogens with zero attached hydrogens (tertiary/aromatic N) is 2. The van der Waals surface area contributed by atoms with E-state index in [0.717, 1.165) is 15.6 Å². The van der Waals surface area contributed by atoms with Gasteiger partial charge in [-0.1, -0.05) is 11.6 Å². The zero-order valence-corrected chi connectivity index (χ0v) is 12.0. The number of aromatic nitrogens is 2. The number of rotatable bonds is 4. The van der Waals surface area contributed by atoms with Crippen molar-refractivity contribution in [2.24, 2.45) is 0 Å². The molecule has 0 aliphatic heterocycles. The molecular formula is C14H11ClFN3S. The number of hydrogen-bond donors (Lipinski definition) is 1. The molecule has 0 saturated carbocycles. The summed E-state index contributed by atoms with van der Waals surface area (Å²) in [6.07, 6.45) is 2.12. The first kappa shape index (κ1) is 13.3. The first-order chi connectivity index (χ1) is 9.72. The minimum atomic E-state index is -0.194. The Balaban J connectivity index is 1.72. The topological polar surface area (TPSA) is 37.8 Å². The molecule has 20 heavy (non-hydrogen) atoms. The molecule has 102 valence electrons. The van der Waals surface area contributed by atoms with Gasteiger partial charge >= 0.3 is 0 Å². The quantitative estimate of drug-likeness (QED) is 0.736. The number of hydrogen-bond acceptors (Lipinski definition) is 4. The van der Waals surface area contributed by atoms with Crippen molar-refractivity contribution in [3.05, 3.63) is 52.5 Å². The van der Waals surface area contributed by atoms with Gasteiger partial charge in [-0.3, -0.25) is 0 Å². The fraction of sp³-hybridized carbons (Fsp3) is 0.143. The molecule has 1 N–H and O–H groups in total. The van der Waals surface area contributed by atoms with Crippen molar-refractivity contribution in [3.63, 3.8) is 0 Å². The molecule has 0 unspecified atom stereocenters. The molecule has 3 nitrogen and oxygen atoms in total. The van der Waals surface area contributed by atoms with Crippen molar-refractivity contribution in [2.75, 3.05) is 11.9 Å². The minimum absolute atomic E-state index is 0.194. The lowest BCUT2D eigenvalue weighted by atomic mass is 10.1. The van der Waals surface area contributed by atoms with Crippen LogP contribution in [0.3, 0.4) is 0 Å². The summed E-state index contributed by atoms with van der Waals surface area (Å²) in [6, 6.07) is 6.84. The SMILES string of the molecule is Fc1cc(CCNc2cc(Cl)ncn2)c2ccsc2c1. The second kappa shape index (κ2) is 5.73. The minimum Gasteiger partial charge on any atom is -0.370 e. The third-order valence-electron chi connectivity index (χ3n) is 2.96. The molecule has 0 amide bonds. The molecule has 6 heteroatoms. The Hall–Kier alpha value is -1.72. The first-order valence-corrected chi connectivity index (χ1v) is 7.35. The Morgan fingerprint density at radius 3 is 3.00 bits per heavy atom. The number of benzene rings is 1. The van der Waals surface area contributed by atoms with Gasteiger partial charge in [0.05, 0.1) is 0 Å². The number of halogens is 2. The van der Waals surface area contributed by atoms with E-state index in [1.807, 2.05) is 11.4 Å². The van der Waals surface area contributed by atoms with E-state index in [-0.39, 0.29) is 5.82 Å². The predicted molar refractivity (Wildman–Crippen MR) is 81.0 cm³/mol. The highest BCUT2D eigenvalue weighted by atomic mass is 35.5. The summed E-state index contributed by atoms with van der Waals surface area (Å²) in [5.41, 5.74) is 0.994. The van der Waals surface area contributed by atoms with Gasteiger partial charge in [0, 0.05) is 17.3 Å². The van der Waals surface area contributed by atoms with Gasteiger partial charge in [0.25, 0.3) is 0 Å². The average Bonchev–Trinajstić information content (AvgIpc) is 2.87. The van der Waals surface area contributed by atoms with E-state index < -0.39 is 0 Å². The van der Waals surface area contributed by atoms with E-state index >= 15 is 0 Å². The standard InChI is InChI=1S/C14H11ClFN3S/c15-13-7-14(19-8-18-13)17-3-1-9-5-10(16)6-12-11(9)2-4-20-12/h2,4-8H,1,3H2,(H,17,18,19). The van der Waals surface area contributed by atoms with Gasteiger partial charge in [-0.15, -0.1) is 11.3 Å². The third kappa shape index (κ3) is 2.89. The van der Waals surface area contributed by atoms with E-state index in [4.69, 9.17) is 11.6 Å². The van der Waals surface area contributed by atoms with Gasteiger partial charge in [-0.05, 0) is 40.9 Å². The Bertz CT molecular complexity index is 744. The van der Waals surface area contributed by atoms with Crippen molar-refractivity contribution in [1.82, 2.24) is 9.97 Å². The Kier molecular flexibility index (Phi) is 3.80. The van der Waals surface area contributed by atoms with Crippen LogP contribution in [0.15, 0.2) is 36.0 Å². The van der Waals surface area contributed by atoms with Crippen molar-refractivity contribution >= 4 is 38.8 Å². The fourth-order valence-corrected chi connectivity index (χ4v) is 3.08. The lowest BCUT2D eigenvalue weighted by Crippen LogP contribution is -2.06. The average molecular weight is 308 g/mol. The monoisotopic (exact) mass is 307 g/mol.